The highest BCUT2D eigenvalue weighted by atomic mass is 16.1. The van der Waals surface area contributed by atoms with Crippen LogP contribution in [0.3, 0.4) is 0 Å². The predicted octanol–water partition coefficient (Wildman–Crippen LogP) is 1.97. The van der Waals surface area contributed by atoms with E-state index in [9.17, 15) is 4.79 Å². The van der Waals surface area contributed by atoms with Crippen LogP contribution < -0.4 is 10.2 Å². The minimum Gasteiger partial charge on any atom is -0.372 e. The maximum absolute atomic E-state index is 11.2. The van der Waals surface area contributed by atoms with Gasteiger partial charge in [-0.15, -0.1) is 0 Å². The fraction of sp³-hybridized carbons (Fsp3) is 0.500. The molecule has 92 valence electrons. The van der Waals surface area contributed by atoms with E-state index >= 15 is 0 Å². The largest absolute Gasteiger partial charge is 0.372 e. The SMILES string of the molecule is CNC(=O)CCc1cccc(N2CCCC2)c1. The second kappa shape index (κ2) is 5.71. The third kappa shape index (κ3) is 3.22. The van der Waals surface area contributed by atoms with Gasteiger partial charge in [-0.2, -0.15) is 0 Å². The normalized spacial score (nSPS) is 15.0. The van der Waals surface area contributed by atoms with E-state index in [1.54, 1.807) is 7.05 Å². The molecule has 0 aromatic heterocycles. The molecule has 0 aliphatic carbocycles. The highest BCUT2D eigenvalue weighted by Crippen LogP contribution is 2.21. The van der Waals surface area contributed by atoms with Crippen molar-refractivity contribution in [2.45, 2.75) is 25.7 Å². The molecule has 0 spiro atoms. The monoisotopic (exact) mass is 232 g/mol. The molecule has 1 N–H and O–H groups in total. The van der Waals surface area contributed by atoms with Gasteiger partial charge in [0.1, 0.15) is 0 Å². The molecular weight excluding hydrogens is 212 g/mol. The summed E-state index contributed by atoms with van der Waals surface area (Å²) in [6.07, 6.45) is 3.98. The van der Waals surface area contributed by atoms with E-state index in [2.05, 4.69) is 34.5 Å². The summed E-state index contributed by atoms with van der Waals surface area (Å²) in [6, 6.07) is 8.57. The highest BCUT2D eigenvalue weighted by molar-refractivity contribution is 5.75. The number of amides is 1. The number of aryl methyl sites for hydroxylation is 1. The van der Waals surface area contributed by atoms with Crippen molar-refractivity contribution < 1.29 is 4.79 Å². The van der Waals surface area contributed by atoms with Gasteiger partial charge in [0.2, 0.25) is 5.91 Å². The lowest BCUT2D eigenvalue weighted by Gasteiger charge is -2.18. The summed E-state index contributed by atoms with van der Waals surface area (Å²) in [5, 5.41) is 2.66. The highest BCUT2D eigenvalue weighted by Gasteiger charge is 2.12. The van der Waals surface area contributed by atoms with Crippen LogP contribution in [0.15, 0.2) is 24.3 Å². The standard InChI is InChI=1S/C14H20N2O/c1-15-14(17)8-7-12-5-4-6-13(11-12)16-9-2-3-10-16/h4-6,11H,2-3,7-10H2,1H3,(H,15,17). The first-order valence-electron chi connectivity index (χ1n) is 6.34. The molecule has 0 atom stereocenters. The Morgan fingerprint density at radius 1 is 1.35 bits per heavy atom. The van der Waals surface area contributed by atoms with Crippen LogP contribution in [0.25, 0.3) is 0 Å². The maximum atomic E-state index is 11.2. The van der Waals surface area contributed by atoms with E-state index < -0.39 is 0 Å². The molecule has 0 unspecified atom stereocenters. The molecule has 0 bridgehead atoms. The average Bonchev–Trinajstić information content (AvgIpc) is 2.90. The molecule has 1 aliphatic heterocycles. The van der Waals surface area contributed by atoms with E-state index in [-0.39, 0.29) is 5.91 Å². The molecule has 3 heteroatoms. The van der Waals surface area contributed by atoms with E-state index in [4.69, 9.17) is 0 Å². The number of nitrogens with zero attached hydrogens (tertiary/aromatic N) is 1. The summed E-state index contributed by atoms with van der Waals surface area (Å²) < 4.78 is 0. The third-order valence-corrected chi connectivity index (χ3v) is 3.30. The van der Waals surface area contributed by atoms with Gasteiger partial charge in [-0.3, -0.25) is 4.79 Å². The summed E-state index contributed by atoms with van der Waals surface area (Å²) in [5.41, 5.74) is 2.55. The van der Waals surface area contributed by atoms with Crippen molar-refractivity contribution in [2.75, 3.05) is 25.0 Å². The Hall–Kier alpha value is -1.51. The van der Waals surface area contributed by atoms with Crippen molar-refractivity contribution in [1.29, 1.82) is 0 Å². The van der Waals surface area contributed by atoms with Crippen LogP contribution in [0.1, 0.15) is 24.8 Å². The Morgan fingerprint density at radius 3 is 2.82 bits per heavy atom. The first-order valence-corrected chi connectivity index (χ1v) is 6.34. The molecule has 0 saturated carbocycles. The number of nitrogens with one attached hydrogen (secondary N) is 1. The molecular formula is C14H20N2O. The van der Waals surface area contributed by atoms with E-state index in [0.29, 0.717) is 6.42 Å². The topological polar surface area (TPSA) is 32.3 Å². The number of carbonyl (C=O) groups excluding carboxylic acids is 1. The molecule has 1 aromatic carbocycles. The van der Waals surface area contributed by atoms with Crippen molar-refractivity contribution in [2.24, 2.45) is 0 Å². The number of hydrogen-bond donors (Lipinski definition) is 1. The Labute approximate surface area is 103 Å². The maximum Gasteiger partial charge on any atom is 0.220 e. The Bertz CT molecular complexity index is 384. The second-order valence-electron chi connectivity index (χ2n) is 4.54. The van der Waals surface area contributed by atoms with Gasteiger partial charge in [-0.25, -0.2) is 0 Å². The lowest BCUT2D eigenvalue weighted by molar-refractivity contribution is -0.120. The van der Waals surface area contributed by atoms with Crippen LogP contribution in [0.5, 0.6) is 0 Å². The first kappa shape index (κ1) is 12.0. The third-order valence-electron chi connectivity index (χ3n) is 3.30. The average molecular weight is 232 g/mol. The molecule has 3 nitrogen and oxygen atoms in total. The van der Waals surface area contributed by atoms with Gasteiger partial charge in [-0.05, 0) is 37.0 Å². The number of rotatable bonds is 4. The van der Waals surface area contributed by atoms with Gasteiger partial charge in [0, 0.05) is 32.2 Å². The smallest absolute Gasteiger partial charge is 0.220 e. The van der Waals surface area contributed by atoms with Gasteiger partial charge in [-0.1, -0.05) is 12.1 Å². The molecule has 1 amide bonds. The quantitative estimate of drug-likeness (QED) is 0.860. The van der Waals surface area contributed by atoms with E-state index in [1.807, 2.05) is 0 Å². The number of benzene rings is 1. The zero-order valence-electron chi connectivity index (χ0n) is 10.4. The molecule has 17 heavy (non-hydrogen) atoms. The lowest BCUT2D eigenvalue weighted by Crippen LogP contribution is -2.19. The fourth-order valence-corrected chi connectivity index (χ4v) is 2.27. The Balaban J connectivity index is 1.98. The number of carbonyl (C=O) groups is 1. The van der Waals surface area contributed by atoms with Gasteiger partial charge < -0.3 is 10.2 Å². The first-order chi connectivity index (χ1) is 8.29. The summed E-state index contributed by atoms with van der Waals surface area (Å²) in [6.45, 7) is 2.33. The Morgan fingerprint density at radius 2 is 2.12 bits per heavy atom. The van der Waals surface area contributed by atoms with Crippen molar-refractivity contribution in [3.63, 3.8) is 0 Å². The van der Waals surface area contributed by atoms with Crippen molar-refractivity contribution >= 4 is 11.6 Å². The van der Waals surface area contributed by atoms with Crippen molar-refractivity contribution in [1.82, 2.24) is 5.32 Å². The van der Waals surface area contributed by atoms with Crippen molar-refractivity contribution in [3.8, 4) is 0 Å². The number of anilines is 1. The molecule has 1 fully saturated rings. The fourth-order valence-electron chi connectivity index (χ4n) is 2.27. The van der Waals surface area contributed by atoms with Crippen LogP contribution in [-0.4, -0.2) is 26.0 Å². The van der Waals surface area contributed by atoms with Crippen LogP contribution in [0, 0.1) is 0 Å². The summed E-state index contributed by atoms with van der Waals surface area (Å²) >= 11 is 0. The van der Waals surface area contributed by atoms with E-state index in [1.165, 1.54) is 37.2 Å². The summed E-state index contributed by atoms with van der Waals surface area (Å²) in [5.74, 6) is 0.108. The molecule has 1 saturated heterocycles. The Kier molecular flexibility index (Phi) is 4.02. The zero-order valence-corrected chi connectivity index (χ0v) is 10.4. The van der Waals surface area contributed by atoms with Gasteiger partial charge >= 0.3 is 0 Å². The van der Waals surface area contributed by atoms with E-state index in [0.717, 1.165) is 6.42 Å². The molecule has 1 heterocycles. The van der Waals surface area contributed by atoms with Crippen LogP contribution in [-0.2, 0) is 11.2 Å². The summed E-state index contributed by atoms with van der Waals surface area (Å²) in [7, 11) is 1.68. The predicted molar refractivity (Wildman–Crippen MR) is 70.3 cm³/mol. The van der Waals surface area contributed by atoms with Gasteiger partial charge in [0.05, 0.1) is 0 Å². The molecule has 2 rings (SSSR count). The molecule has 0 radical (unpaired) electrons. The minimum atomic E-state index is 0.108. The van der Waals surface area contributed by atoms with Crippen molar-refractivity contribution in [3.05, 3.63) is 29.8 Å². The van der Waals surface area contributed by atoms with Gasteiger partial charge in [0.15, 0.2) is 0 Å². The second-order valence-corrected chi connectivity index (χ2v) is 4.54. The van der Waals surface area contributed by atoms with Crippen LogP contribution >= 0.6 is 0 Å². The zero-order chi connectivity index (χ0) is 12.1. The molecule has 1 aliphatic rings. The van der Waals surface area contributed by atoms with Crippen LogP contribution in [0.4, 0.5) is 5.69 Å². The minimum absolute atomic E-state index is 0.108. The summed E-state index contributed by atoms with van der Waals surface area (Å²) in [4.78, 5) is 13.6. The molecule has 1 aromatic rings. The van der Waals surface area contributed by atoms with Gasteiger partial charge in [0.25, 0.3) is 0 Å². The number of hydrogen-bond acceptors (Lipinski definition) is 2. The lowest BCUT2D eigenvalue weighted by atomic mass is 10.1. The van der Waals surface area contributed by atoms with Crippen LogP contribution in [0.2, 0.25) is 0 Å².